The lowest BCUT2D eigenvalue weighted by Gasteiger charge is -2.27. The SMILES string of the molecule is COc1ccc(Oc2ccc(N3C(=S)N[C@@H](c4ccccn4)[C@@H]3c3ccn(-c4ccccc4)c3)cc2)cc1. The first-order chi connectivity index (χ1) is 18.7. The first-order valence-electron chi connectivity index (χ1n) is 12.4. The van der Waals surface area contributed by atoms with E-state index in [0.29, 0.717) is 5.11 Å². The second kappa shape index (κ2) is 10.4. The third-order valence-corrected chi connectivity index (χ3v) is 6.93. The summed E-state index contributed by atoms with van der Waals surface area (Å²) >= 11 is 5.88. The van der Waals surface area contributed by atoms with Crippen molar-refractivity contribution in [1.82, 2.24) is 14.9 Å². The topological polar surface area (TPSA) is 51.6 Å². The highest BCUT2D eigenvalue weighted by molar-refractivity contribution is 7.80. The zero-order valence-electron chi connectivity index (χ0n) is 20.8. The van der Waals surface area contributed by atoms with E-state index >= 15 is 0 Å². The summed E-state index contributed by atoms with van der Waals surface area (Å²) in [6.45, 7) is 0. The molecule has 6 rings (SSSR count). The number of nitrogens with one attached hydrogen (secondary N) is 1. The van der Waals surface area contributed by atoms with Crippen LogP contribution in [0.3, 0.4) is 0 Å². The first-order valence-corrected chi connectivity index (χ1v) is 12.8. The molecule has 2 aromatic heterocycles. The Morgan fingerprint density at radius 3 is 2.13 bits per heavy atom. The van der Waals surface area contributed by atoms with Crippen LogP contribution < -0.4 is 19.7 Å². The number of ether oxygens (including phenoxy) is 2. The van der Waals surface area contributed by atoms with E-state index in [1.54, 1.807) is 7.11 Å². The fourth-order valence-corrected chi connectivity index (χ4v) is 5.12. The summed E-state index contributed by atoms with van der Waals surface area (Å²) in [5.41, 5.74) is 4.15. The van der Waals surface area contributed by atoms with Crippen molar-refractivity contribution in [3.63, 3.8) is 0 Å². The molecular formula is C31H26N4O2S. The van der Waals surface area contributed by atoms with Gasteiger partial charge in [-0.3, -0.25) is 4.98 Å². The average Bonchev–Trinajstić information content (AvgIpc) is 3.60. The molecule has 0 bridgehead atoms. The van der Waals surface area contributed by atoms with Gasteiger partial charge in [0.2, 0.25) is 0 Å². The second-order valence-corrected chi connectivity index (χ2v) is 9.34. The van der Waals surface area contributed by atoms with Crippen LogP contribution in [0.15, 0.2) is 122 Å². The molecular weight excluding hydrogens is 492 g/mol. The van der Waals surface area contributed by atoms with Gasteiger partial charge >= 0.3 is 0 Å². The molecule has 0 unspecified atom stereocenters. The Balaban J connectivity index is 1.32. The van der Waals surface area contributed by atoms with Crippen molar-refractivity contribution in [2.24, 2.45) is 0 Å². The molecule has 6 nitrogen and oxygen atoms in total. The van der Waals surface area contributed by atoms with Crippen LogP contribution in [-0.2, 0) is 0 Å². The standard InChI is InChI=1S/C31H26N4O2S/c1-36-25-14-16-27(17-15-25)37-26-12-10-24(11-13-26)35-30(29(33-31(35)38)28-9-5-6-19-32-28)22-18-20-34(21-22)23-7-3-2-4-8-23/h2-21,29-30H,1H3,(H,33,38)/t29-,30-/m0/s1. The number of aromatic nitrogens is 2. The van der Waals surface area contributed by atoms with E-state index in [-0.39, 0.29) is 12.1 Å². The lowest BCUT2D eigenvalue weighted by atomic mass is 9.98. The number of methoxy groups -OCH3 is 1. The lowest BCUT2D eigenvalue weighted by Crippen LogP contribution is -2.29. The minimum Gasteiger partial charge on any atom is -0.497 e. The van der Waals surface area contributed by atoms with Gasteiger partial charge in [0.05, 0.1) is 24.9 Å². The fraction of sp³-hybridized carbons (Fsp3) is 0.0968. The number of rotatable bonds is 7. The van der Waals surface area contributed by atoms with Crippen LogP contribution in [-0.4, -0.2) is 21.8 Å². The number of hydrogen-bond donors (Lipinski definition) is 1. The number of para-hydroxylation sites is 1. The summed E-state index contributed by atoms with van der Waals surface area (Å²) in [7, 11) is 1.65. The summed E-state index contributed by atoms with van der Waals surface area (Å²) < 4.78 is 13.4. The largest absolute Gasteiger partial charge is 0.497 e. The molecule has 0 radical (unpaired) electrons. The number of pyridine rings is 1. The summed E-state index contributed by atoms with van der Waals surface area (Å²) in [5.74, 6) is 2.27. The van der Waals surface area contributed by atoms with Gasteiger partial charge in [-0.1, -0.05) is 24.3 Å². The van der Waals surface area contributed by atoms with Crippen LogP contribution in [0.1, 0.15) is 23.3 Å². The van der Waals surface area contributed by atoms with Gasteiger partial charge < -0.3 is 24.3 Å². The van der Waals surface area contributed by atoms with Crippen molar-refractivity contribution in [3.8, 4) is 22.9 Å². The molecule has 3 heterocycles. The highest BCUT2D eigenvalue weighted by Gasteiger charge is 2.41. The number of nitrogens with zero attached hydrogens (tertiary/aromatic N) is 3. The molecule has 1 saturated heterocycles. The van der Waals surface area contributed by atoms with Gasteiger partial charge in [-0.2, -0.15) is 0 Å². The van der Waals surface area contributed by atoms with E-state index in [4.69, 9.17) is 21.7 Å². The van der Waals surface area contributed by atoms with Gasteiger partial charge in [-0.15, -0.1) is 0 Å². The van der Waals surface area contributed by atoms with E-state index in [0.717, 1.165) is 39.9 Å². The van der Waals surface area contributed by atoms with Crippen LogP contribution in [0.5, 0.6) is 17.2 Å². The Morgan fingerprint density at radius 1 is 0.763 bits per heavy atom. The van der Waals surface area contributed by atoms with Crippen molar-refractivity contribution in [2.75, 3.05) is 12.0 Å². The van der Waals surface area contributed by atoms with Gasteiger partial charge in [0.15, 0.2) is 5.11 Å². The highest BCUT2D eigenvalue weighted by atomic mass is 32.1. The monoisotopic (exact) mass is 518 g/mol. The molecule has 0 spiro atoms. The van der Waals surface area contributed by atoms with Crippen LogP contribution in [0, 0.1) is 0 Å². The molecule has 0 saturated carbocycles. The third kappa shape index (κ3) is 4.71. The maximum atomic E-state index is 6.04. The average molecular weight is 519 g/mol. The molecule has 1 aliphatic rings. The molecule has 38 heavy (non-hydrogen) atoms. The maximum Gasteiger partial charge on any atom is 0.174 e. The third-order valence-electron chi connectivity index (χ3n) is 6.62. The van der Waals surface area contributed by atoms with Gasteiger partial charge in [-0.25, -0.2) is 0 Å². The van der Waals surface area contributed by atoms with Crippen molar-refractivity contribution < 1.29 is 9.47 Å². The molecule has 1 aliphatic heterocycles. The molecule has 0 amide bonds. The van der Waals surface area contributed by atoms with Crippen molar-refractivity contribution in [2.45, 2.75) is 12.1 Å². The zero-order chi connectivity index (χ0) is 25.9. The van der Waals surface area contributed by atoms with E-state index in [2.05, 4.69) is 50.4 Å². The Kier molecular flexibility index (Phi) is 6.50. The van der Waals surface area contributed by atoms with E-state index < -0.39 is 0 Å². The van der Waals surface area contributed by atoms with Crippen molar-refractivity contribution in [1.29, 1.82) is 0 Å². The molecule has 1 N–H and O–H groups in total. The smallest absolute Gasteiger partial charge is 0.174 e. The summed E-state index contributed by atoms with van der Waals surface area (Å²) in [4.78, 5) is 6.82. The lowest BCUT2D eigenvalue weighted by molar-refractivity contribution is 0.413. The van der Waals surface area contributed by atoms with E-state index in [1.807, 2.05) is 91.1 Å². The molecule has 2 atom stereocenters. The minimum atomic E-state index is -0.106. The molecule has 7 heteroatoms. The minimum absolute atomic E-state index is 0.0873. The quantitative estimate of drug-likeness (QED) is 0.238. The van der Waals surface area contributed by atoms with Crippen molar-refractivity contribution >= 4 is 23.0 Å². The predicted molar refractivity (Wildman–Crippen MR) is 153 cm³/mol. The number of hydrogen-bond acceptors (Lipinski definition) is 4. The van der Waals surface area contributed by atoms with Crippen LogP contribution in [0.25, 0.3) is 5.69 Å². The fourth-order valence-electron chi connectivity index (χ4n) is 4.78. The molecule has 1 fully saturated rings. The van der Waals surface area contributed by atoms with E-state index in [1.165, 1.54) is 0 Å². The molecule has 0 aliphatic carbocycles. The Bertz CT molecular complexity index is 1520. The molecule has 188 valence electrons. The summed E-state index contributed by atoms with van der Waals surface area (Å²) in [6.07, 6.45) is 6.07. The van der Waals surface area contributed by atoms with Crippen LogP contribution in [0.4, 0.5) is 5.69 Å². The van der Waals surface area contributed by atoms with Gasteiger partial charge in [0, 0.05) is 30.0 Å². The van der Waals surface area contributed by atoms with Gasteiger partial charge in [-0.05, 0) is 96.6 Å². The molecule has 5 aromatic rings. The zero-order valence-corrected chi connectivity index (χ0v) is 21.6. The Morgan fingerprint density at radius 2 is 1.45 bits per heavy atom. The predicted octanol–water partition coefficient (Wildman–Crippen LogP) is 6.85. The van der Waals surface area contributed by atoms with Crippen molar-refractivity contribution in [3.05, 3.63) is 133 Å². The van der Waals surface area contributed by atoms with Crippen LogP contribution in [0.2, 0.25) is 0 Å². The van der Waals surface area contributed by atoms with E-state index in [9.17, 15) is 0 Å². The van der Waals surface area contributed by atoms with Gasteiger partial charge in [0.25, 0.3) is 0 Å². The summed E-state index contributed by atoms with van der Waals surface area (Å²) in [5, 5.41) is 4.18. The first kappa shape index (κ1) is 23.8. The Labute approximate surface area is 227 Å². The maximum absolute atomic E-state index is 6.04. The summed E-state index contributed by atoms with van der Waals surface area (Å²) in [6, 6.07) is 33.7. The number of thiocarbonyl (C=S) groups is 1. The van der Waals surface area contributed by atoms with Crippen LogP contribution >= 0.6 is 12.2 Å². The Hall–Kier alpha value is -4.62. The van der Waals surface area contributed by atoms with Gasteiger partial charge in [0.1, 0.15) is 17.2 Å². The number of benzene rings is 3. The second-order valence-electron chi connectivity index (χ2n) is 8.96. The highest BCUT2D eigenvalue weighted by Crippen LogP contribution is 2.42. The molecule has 3 aromatic carbocycles. The normalized spacial score (nSPS) is 16.8. The number of anilines is 1.